The average Bonchev–Trinajstić information content (AvgIpc) is 2.52. The maximum Gasteiger partial charge on any atom is 0.184 e. The van der Waals surface area contributed by atoms with E-state index < -0.39 is 0 Å². The van der Waals surface area contributed by atoms with Crippen LogP contribution in [0, 0.1) is 0 Å². The molecule has 0 aliphatic rings. The van der Waals surface area contributed by atoms with Crippen LogP contribution >= 0.6 is 0 Å². The molecular weight excluding hydrogens is 248 g/mol. The second-order valence-electron chi connectivity index (χ2n) is 4.22. The second-order valence-corrected chi connectivity index (χ2v) is 4.22. The highest BCUT2D eigenvalue weighted by atomic mass is 16.1. The quantitative estimate of drug-likeness (QED) is 0.495. The summed E-state index contributed by atoms with van der Waals surface area (Å²) in [5.74, 6) is -0.00860. The Balaban J connectivity index is 1.93. The average molecular weight is 264 g/mol. The van der Waals surface area contributed by atoms with Gasteiger partial charge in [0, 0.05) is 5.56 Å². The first kappa shape index (κ1) is 13.7. The zero-order chi connectivity index (χ0) is 14.2. The molecule has 0 aromatic heterocycles. The molecule has 0 radical (unpaired) electrons. The van der Waals surface area contributed by atoms with Gasteiger partial charge in [0.2, 0.25) is 0 Å². The number of hydrogen-bond donors (Lipinski definition) is 1. The number of nitrogens with zero attached hydrogens (tertiary/aromatic N) is 1. The monoisotopic (exact) mass is 264 g/mol. The Kier molecular flexibility index (Phi) is 4.84. The van der Waals surface area contributed by atoms with Crippen molar-refractivity contribution in [1.29, 1.82) is 0 Å². The molecular formula is C17H16N2O. The standard InChI is InChI=1S/C17H16N2O/c1-2-15-10-6-7-11-16(15)17(20)13-19-18-12-14-8-4-3-5-9-14/h2-12,19H,1,13H2. The van der Waals surface area contributed by atoms with E-state index in [1.807, 2.05) is 48.5 Å². The highest BCUT2D eigenvalue weighted by molar-refractivity contribution is 6.00. The molecule has 0 amide bonds. The summed E-state index contributed by atoms with van der Waals surface area (Å²) < 4.78 is 0. The minimum absolute atomic E-state index is 0.00860. The van der Waals surface area contributed by atoms with E-state index in [9.17, 15) is 4.79 Å². The number of hydrogen-bond acceptors (Lipinski definition) is 3. The third-order valence-electron chi connectivity index (χ3n) is 2.83. The van der Waals surface area contributed by atoms with Crippen molar-refractivity contribution in [2.45, 2.75) is 0 Å². The number of hydrazone groups is 1. The van der Waals surface area contributed by atoms with Gasteiger partial charge in [-0.2, -0.15) is 5.10 Å². The molecule has 0 unspecified atom stereocenters. The number of rotatable bonds is 6. The van der Waals surface area contributed by atoms with Crippen molar-refractivity contribution < 1.29 is 4.79 Å². The van der Waals surface area contributed by atoms with Gasteiger partial charge in [-0.15, -0.1) is 0 Å². The summed E-state index contributed by atoms with van der Waals surface area (Å²) in [7, 11) is 0. The topological polar surface area (TPSA) is 41.5 Å². The van der Waals surface area contributed by atoms with Gasteiger partial charge in [0.25, 0.3) is 0 Å². The molecule has 0 saturated carbocycles. The molecule has 0 aliphatic heterocycles. The van der Waals surface area contributed by atoms with Crippen molar-refractivity contribution in [2.75, 3.05) is 6.54 Å². The summed E-state index contributed by atoms with van der Waals surface area (Å²) in [6.45, 7) is 3.87. The van der Waals surface area contributed by atoms with Crippen LogP contribution in [0.4, 0.5) is 0 Å². The van der Waals surface area contributed by atoms with Crippen LogP contribution < -0.4 is 5.43 Å². The lowest BCUT2D eigenvalue weighted by Gasteiger charge is -2.04. The van der Waals surface area contributed by atoms with E-state index in [-0.39, 0.29) is 12.3 Å². The van der Waals surface area contributed by atoms with Crippen LogP contribution in [-0.4, -0.2) is 18.5 Å². The van der Waals surface area contributed by atoms with E-state index in [2.05, 4.69) is 17.1 Å². The largest absolute Gasteiger partial charge is 0.302 e. The molecule has 0 saturated heterocycles. The molecule has 2 aromatic rings. The van der Waals surface area contributed by atoms with Gasteiger partial charge in [-0.05, 0) is 11.1 Å². The van der Waals surface area contributed by atoms with E-state index in [1.54, 1.807) is 18.4 Å². The van der Waals surface area contributed by atoms with Gasteiger partial charge in [0.15, 0.2) is 5.78 Å². The highest BCUT2D eigenvalue weighted by Gasteiger charge is 2.07. The molecule has 0 spiro atoms. The van der Waals surface area contributed by atoms with Crippen molar-refractivity contribution in [1.82, 2.24) is 5.43 Å². The third-order valence-corrected chi connectivity index (χ3v) is 2.83. The van der Waals surface area contributed by atoms with Crippen molar-refractivity contribution in [3.63, 3.8) is 0 Å². The van der Waals surface area contributed by atoms with E-state index in [4.69, 9.17) is 0 Å². The molecule has 0 fully saturated rings. The van der Waals surface area contributed by atoms with Gasteiger partial charge in [-0.3, -0.25) is 4.79 Å². The molecule has 0 atom stereocenters. The predicted molar refractivity (Wildman–Crippen MR) is 82.9 cm³/mol. The molecule has 100 valence electrons. The Morgan fingerprint density at radius 1 is 1.10 bits per heavy atom. The molecule has 0 bridgehead atoms. The summed E-state index contributed by atoms with van der Waals surface area (Å²) in [5.41, 5.74) is 5.25. The lowest BCUT2D eigenvalue weighted by Crippen LogP contribution is -2.19. The molecule has 2 aromatic carbocycles. The molecule has 3 nitrogen and oxygen atoms in total. The molecule has 0 heterocycles. The van der Waals surface area contributed by atoms with E-state index >= 15 is 0 Å². The van der Waals surface area contributed by atoms with Crippen LogP contribution in [0.5, 0.6) is 0 Å². The lowest BCUT2D eigenvalue weighted by molar-refractivity contribution is 0.0991. The van der Waals surface area contributed by atoms with Crippen LogP contribution in [0.3, 0.4) is 0 Å². The fourth-order valence-electron chi connectivity index (χ4n) is 1.80. The Labute approximate surface area is 118 Å². The summed E-state index contributed by atoms with van der Waals surface area (Å²) in [6, 6.07) is 17.1. The van der Waals surface area contributed by atoms with Crippen LogP contribution in [-0.2, 0) is 0 Å². The van der Waals surface area contributed by atoms with E-state index in [0.717, 1.165) is 11.1 Å². The Morgan fingerprint density at radius 2 is 1.80 bits per heavy atom. The van der Waals surface area contributed by atoms with Crippen LogP contribution in [0.25, 0.3) is 6.08 Å². The van der Waals surface area contributed by atoms with E-state index in [1.165, 1.54) is 0 Å². The SMILES string of the molecule is C=Cc1ccccc1C(=O)CNN=Cc1ccccc1. The van der Waals surface area contributed by atoms with Gasteiger partial charge in [0.1, 0.15) is 0 Å². The Hall–Kier alpha value is -2.68. The van der Waals surface area contributed by atoms with Crippen molar-refractivity contribution in [3.8, 4) is 0 Å². The number of carbonyl (C=O) groups excluding carboxylic acids is 1. The van der Waals surface area contributed by atoms with E-state index in [0.29, 0.717) is 5.56 Å². The van der Waals surface area contributed by atoms with Gasteiger partial charge in [-0.25, -0.2) is 0 Å². The fraction of sp³-hybridized carbons (Fsp3) is 0.0588. The van der Waals surface area contributed by atoms with Crippen molar-refractivity contribution in [3.05, 3.63) is 77.9 Å². The maximum atomic E-state index is 12.1. The maximum absolute atomic E-state index is 12.1. The zero-order valence-electron chi connectivity index (χ0n) is 11.1. The molecule has 20 heavy (non-hydrogen) atoms. The molecule has 0 aliphatic carbocycles. The Bertz CT molecular complexity index is 618. The molecule has 3 heteroatoms. The number of ketones is 1. The number of Topliss-reactive ketones (excluding diaryl/α,β-unsaturated/α-hetero) is 1. The smallest absolute Gasteiger partial charge is 0.184 e. The second kappa shape index (κ2) is 7.04. The van der Waals surface area contributed by atoms with Crippen LogP contribution in [0.1, 0.15) is 21.5 Å². The minimum atomic E-state index is -0.00860. The van der Waals surface area contributed by atoms with Gasteiger partial charge < -0.3 is 5.43 Å². The molecule has 1 N–H and O–H groups in total. The van der Waals surface area contributed by atoms with Crippen molar-refractivity contribution in [2.24, 2.45) is 5.10 Å². The predicted octanol–water partition coefficient (Wildman–Crippen LogP) is 3.14. The summed E-state index contributed by atoms with van der Waals surface area (Å²) >= 11 is 0. The van der Waals surface area contributed by atoms with Crippen LogP contribution in [0.2, 0.25) is 0 Å². The summed E-state index contributed by atoms with van der Waals surface area (Å²) in [6.07, 6.45) is 3.37. The highest BCUT2D eigenvalue weighted by Crippen LogP contribution is 2.10. The number of benzene rings is 2. The van der Waals surface area contributed by atoms with Crippen LogP contribution in [0.15, 0.2) is 66.3 Å². The van der Waals surface area contributed by atoms with Gasteiger partial charge >= 0.3 is 0 Å². The fourth-order valence-corrected chi connectivity index (χ4v) is 1.80. The van der Waals surface area contributed by atoms with Gasteiger partial charge in [-0.1, -0.05) is 67.3 Å². The Morgan fingerprint density at radius 3 is 2.55 bits per heavy atom. The number of nitrogens with one attached hydrogen (secondary N) is 1. The third kappa shape index (κ3) is 3.65. The molecule has 2 rings (SSSR count). The van der Waals surface area contributed by atoms with Gasteiger partial charge in [0.05, 0.1) is 12.8 Å². The summed E-state index contributed by atoms with van der Waals surface area (Å²) in [5, 5.41) is 4.04. The zero-order valence-corrected chi connectivity index (χ0v) is 11.1. The minimum Gasteiger partial charge on any atom is -0.302 e. The number of carbonyl (C=O) groups is 1. The lowest BCUT2D eigenvalue weighted by atomic mass is 10.0. The van der Waals surface area contributed by atoms with Crippen molar-refractivity contribution >= 4 is 18.1 Å². The first-order valence-corrected chi connectivity index (χ1v) is 6.37. The first-order chi connectivity index (χ1) is 9.81. The normalized spacial score (nSPS) is 10.4. The first-order valence-electron chi connectivity index (χ1n) is 6.37. The summed E-state index contributed by atoms with van der Waals surface area (Å²) in [4.78, 5) is 12.1.